The molecule has 170 valence electrons. The van der Waals surface area contributed by atoms with Crippen LogP contribution in [0.3, 0.4) is 0 Å². The van der Waals surface area contributed by atoms with E-state index in [1.165, 1.54) is 20.1 Å². The molecule has 0 radical (unpaired) electrons. The van der Waals surface area contributed by atoms with E-state index in [0.717, 1.165) is 16.1 Å². The number of sulfonamides is 1. The zero-order valence-electron chi connectivity index (χ0n) is 17.2. The molecule has 1 amide bonds. The highest BCUT2D eigenvalue weighted by Gasteiger charge is 2.29. The molecule has 0 bridgehead atoms. The van der Waals surface area contributed by atoms with Crippen LogP contribution in [0.25, 0.3) is 0 Å². The van der Waals surface area contributed by atoms with Crippen LogP contribution in [0.5, 0.6) is 5.75 Å². The van der Waals surface area contributed by atoms with Crippen molar-refractivity contribution in [1.29, 1.82) is 0 Å². The number of carbonyl (C=O) groups is 1. The van der Waals surface area contributed by atoms with Crippen molar-refractivity contribution in [3.05, 3.63) is 57.0 Å². The summed E-state index contributed by atoms with van der Waals surface area (Å²) >= 11 is 19.8. The molecule has 2 rings (SSSR count). The lowest BCUT2D eigenvalue weighted by Gasteiger charge is -2.28. The molecule has 31 heavy (non-hydrogen) atoms. The van der Waals surface area contributed by atoms with Gasteiger partial charge in [-0.25, -0.2) is 8.42 Å². The fourth-order valence-corrected chi connectivity index (χ4v) is 5.65. The number of rotatable bonds is 10. The molecule has 0 aliphatic carbocycles. The number of anilines is 1. The number of halogens is 3. The lowest BCUT2D eigenvalue weighted by molar-refractivity contribution is -0.121. The summed E-state index contributed by atoms with van der Waals surface area (Å²) in [6, 6.07) is 8.92. The van der Waals surface area contributed by atoms with Gasteiger partial charge in [-0.15, -0.1) is 0 Å². The highest BCUT2D eigenvalue weighted by atomic mass is 35.5. The fraction of sp³-hybridized carbons (Fsp3) is 0.350. The molecule has 0 spiro atoms. The van der Waals surface area contributed by atoms with E-state index in [9.17, 15) is 13.2 Å². The normalized spacial score (nSPS) is 12.3. The second-order valence-electron chi connectivity index (χ2n) is 6.63. The number of ether oxygens (including phenoxy) is 1. The van der Waals surface area contributed by atoms with Crippen molar-refractivity contribution in [1.82, 2.24) is 5.32 Å². The van der Waals surface area contributed by atoms with E-state index in [4.69, 9.17) is 39.5 Å². The van der Waals surface area contributed by atoms with Crippen LogP contribution < -0.4 is 14.4 Å². The Morgan fingerprint density at radius 2 is 1.87 bits per heavy atom. The van der Waals surface area contributed by atoms with Gasteiger partial charge in [-0.3, -0.25) is 9.10 Å². The fourth-order valence-electron chi connectivity index (χ4n) is 2.82. The molecule has 0 aromatic heterocycles. The van der Waals surface area contributed by atoms with Crippen LogP contribution in [0.2, 0.25) is 15.1 Å². The maximum absolute atomic E-state index is 12.6. The summed E-state index contributed by atoms with van der Waals surface area (Å²) < 4.78 is 30.9. The highest BCUT2D eigenvalue weighted by molar-refractivity contribution is 7.98. The Morgan fingerprint density at radius 3 is 2.45 bits per heavy atom. The van der Waals surface area contributed by atoms with Crippen LogP contribution in [0, 0.1) is 0 Å². The van der Waals surface area contributed by atoms with Gasteiger partial charge in [0.05, 0.1) is 24.1 Å². The third kappa shape index (κ3) is 7.36. The van der Waals surface area contributed by atoms with Gasteiger partial charge in [-0.05, 0) is 42.8 Å². The Labute approximate surface area is 202 Å². The SMILES string of the molecule is COc1ccc(N([C@H](C)C(=O)NCCSCc2ccc(Cl)cc2Cl)S(C)(=O)=O)cc1Cl. The molecule has 2 aromatic carbocycles. The number of methoxy groups -OCH3 is 1. The van der Waals surface area contributed by atoms with Crippen LogP contribution in [0.15, 0.2) is 36.4 Å². The molecular weight excluding hydrogens is 503 g/mol. The van der Waals surface area contributed by atoms with Crippen molar-refractivity contribution in [2.45, 2.75) is 18.7 Å². The Kier molecular flexibility index (Phi) is 9.64. The van der Waals surface area contributed by atoms with E-state index in [0.29, 0.717) is 33.8 Å². The first-order valence-electron chi connectivity index (χ1n) is 9.17. The summed E-state index contributed by atoms with van der Waals surface area (Å²) in [4.78, 5) is 12.6. The second kappa shape index (κ2) is 11.5. The molecule has 1 atom stereocenters. The lowest BCUT2D eigenvalue weighted by Crippen LogP contribution is -2.48. The van der Waals surface area contributed by atoms with Crippen LogP contribution >= 0.6 is 46.6 Å². The summed E-state index contributed by atoms with van der Waals surface area (Å²) in [5, 5.41) is 4.20. The largest absolute Gasteiger partial charge is 0.495 e. The van der Waals surface area contributed by atoms with Gasteiger partial charge in [-0.2, -0.15) is 11.8 Å². The van der Waals surface area contributed by atoms with Gasteiger partial charge in [0.2, 0.25) is 15.9 Å². The van der Waals surface area contributed by atoms with Crippen LogP contribution in [0.1, 0.15) is 12.5 Å². The number of hydrogen-bond donors (Lipinski definition) is 1. The topological polar surface area (TPSA) is 75.7 Å². The van der Waals surface area contributed by atoms with Crippen LogP contribution in [-0.2, 0) is 20.6 Å². The molecule has 0 fully saturated rings. The Bertz CT molecular complexity index is 1040. The predicted molar refractivity (Wildman–Crippen MR) is 130 cm³/mol. The van der Waals surface area contributed by atoms with Gasteiger partial charge < -0.3 is 10.1 Å². The Balaban J connectivity index is 1.96. The molecule has 0 aliphatic rings. The van der Waals surface area contributed by atoms with Gasteiger partial charge >= 0.3 is 0 Å². The Morgan fingerprint density at radius 1 is 1.16 bits per heavy atom. The third-order valence-electron chi connectivity index (χ3n) is 4.30. The first-order valence-corrected chi connectivity index (χ1v) is 13.3. The minimum atomic E-state index is -3.74. The van der Waals surface area contributed by atoms with E-state index in [1.54, 1.807) is 36.0 Å². The number of carbonyl (C=O) groups excluding carboxylic acids is 1. The second-order valence-corrected chi connectivity index (χ2v) is 10.8. The molecule has 2 aromatic rings. The molecule has 0 aliphatic heterocycles. The van der Waals surface area contributed by atoms with E-state index < -0.39 is 22.0 Å². The molecular formula is C20H23Cl3N2O4S2. The number of nitrogens with one attached hydrogen (secondary N) is 1. The number of hydrogen-bond acceptors (Lipinski definition) is 5. The average molecular weight is 526 g/mol. The maximum atomic E-state index is 12.6. The van der Waals surface area contributed by atoms with Crippen molar-refractivity contribution in [3.8, 4) is 5.75 Å². The molecule has 0 unspecified atom stereocenters. The van der Waals surface area contributed by atoms with Crippen molar-refractivity contribution in [3.63, 3.8) is 0 Å². The lowest BCUT2D eigenvalue weighted by atomic mass is 10.2. The number of nitrogens with zero attached hydrogens (tertiary/aromatic N) is 1. The zero-order valence-corrected chi connectivity index (χ0v) is 21.1. The van der Waals surface area contributed by atoms with E-state index in [2.05, 4.69) is 5.32 Å². The number of amides is 1. The summed E-state index contributed by atoms with van der Waals surface area (Å²) in [6.45, 7) is 1.90. The molecule has 0 saturated heterocycles. The van der Waals surface area contributed by atoms with Gasteiger partial charge in [0, 0.05) is 28.1 Å². The molecule has 6 nitrogen and oxygen atoms in total. The van der Waals surface area contributed by atoms with Crippen molar-refractivity contribution in [2.75, 3.05) is 30.0 Å². The summed E-state index contributed by atoms with van der Waals surface area (Å²) in [6.07, 6.45) is 1.04. The highest BCUT2D eigenvalue weighted by Crippen LogP contribution is 2.31. The van der Waals surface area contributed by atoms with Gasteiger partial charge in [0.15, 0.2) is 0 Å². The van der Waals surface area contributed by atoms with Gasteiger partial charge in [0.25, 0.3) is 0 Å². The van der Waals surface area contributed by atoms with E-state index in [1.807, 2.05) is 6.07 Å². The molecule has 0 heterocycles. The van der Waals surface area contributed by atoms with E-state index in [-0.39, 0.29) is 10.7 Å². The van der Waals surface area contributed by atoms with Crippen molar-refractivity contribution >= 4 is 68.2 Å². The Hall–Kier alpha value is -1.32. The first-order chi connectivity index (χ1) is 14.5. The number of thioether (sulfide) groups is 1. The average Bonchev–Trinajstić information content (AvgIpc) is 2.68. The first kappa shape index (κ1) is 25.9. The van der Waals surface area contributed by atoms with E-state index >= 15 is 0 Å². The smallest absolute Gasteiger partial charge is 0.243 e. The minimum absolute atomic E-state index is 0.249. The molecule has 0 saturated carbocycles. The zero-order chi connectivity index (χ0) is 23.2. The van der Waals surface area contributed by atoms with Crippen molar-refractivity contribution in [2.24, 2.45) is 0 Å². The number of benzene rings is 2. The predicted octanol–water partition coefficient (Wildman–Crippen LogP) is 4.86. The summed E-state index contributed by atoms with van der Waals surface area (Å²) in [7, 11) is -2.27. The third-order valence-corrected chi connectivity index (χ3v) is 7.43. The van der Waals surface area contributed by atoms with Crippen molar-refractivity contribution < 1.29 is 17.9 Å². The monoisotopic (exact) mass is 524 g/mol. The molecule has 1 N–H and O–H groups in total. The standard InChI is InChI=1S/C20H23Cl3N2O4S2/c1-13(25(31(3,27)28)16-6-7-19(29-2)18(23)11-16)20(26)24-8-9-30-12-14-4-5-15(21)10-17(14)22/h4-7,10-11,13H,8-9,12H2,1-3H3,(H,24,26)/t13-/m1/s1. The summed E-state index contributed by atoms with van der Waals surface area (Å²) in [5.74, 6) is 1.29. The quantitative estimate of drug-likeness (QED) is 0.448. The van der Waals surface area contributed by atoms with Crippen LogP contribution in [0.4, 0.5) is 5.69 Å². The molecule has 11 heteroatoms. The van der Waals surface area contributed by atoms with Gasteiger partial charge in [0.1, 0.15) is 11.8 Å². The minimum Gasteiger partial charge on any atom is -0.495 e. The van der Waals surface area contributed by atoms with Gasteiger partial charge in [-0.1, -0.05) is 40.9 Å². The van der Waals surface area contributed by atoms with Crippen LogP contribution in [-0.4, -0.2) is 46.0 Å². The maximum Gasteiger partial charge on any atom is 0.243 e. The summed E-state index contributed by atoms with van der Waals surface area (Å²) in [5.41, 5.74) is 1.23.